The fourth-order valence-corrected chi connectivity index (χ4v) is 1.70. The van der Waals surface area contributed by atoms with Crippen LogP contribution in [-0.2, 0) is 4.79 Å². The van der Waals surface area contributed by atoms with Gasteiger partial charge in [0.2, 0.25) is 6.41 Å². The second-order valence-electron chi connectivity index (χ2n) is 2.24. The van der Waals surface area contributed by atoms with E-state index in [1.807, 2.05) is 0 Å². The Hall–Kier alpha value is -1.39. The fraction of sp³-hybridized carbons (Fsp3) is 0. The first-order chi connectivity index (χ1) is 6.38. The van der Waals surface area contributed by atoms with Gasteiger partial charge in [0, 0.05) is 4.70 Å². The van der Waals surface area contributed by atoms with E-state index in [9.17, 15) is 0 Å². The largest absolute Gasteiger partial charge is 0.297 e. The summed E-state index contributed by atoms with van der Waals surface area (Å²) < 4.78 is 1.37. The molecule has 0 unspecified atom stereocenters. The first-order valence-electron chi connectivity index (χ1n) is 3.70. The molecule has 2 rings (SSSR count). The summed E-state index contributed by atoms with van der Waals surface area (Å²) in [5.41, 5.74) is 1.75. The van der Waals surface area contributed by atoms with Gasteiger partial charge in [0.1, 0.15) is 0 Å². The van der Waals surface area contributed by atoms with E-state index in [0.717, 1.165) is 0 Å². The molecule has 1 aromatic carbocycles. The van der Waals surface area contributed by atoms with Crippen molar-refractivity contribution in [2.75, 3.05) is 0 Å². The second kappa shape index (κ2) is 5.29. The molecule has 2 aromatic rings. The Morgan fingerprint density at radius 2 is 2.00 bits per heavy atom. The van der Waals surface area contributed by atoms with E-state index < -0.39 is 0 Å². The van der Waals surface area contributed by atoms with Crippen LogP contribution in [-0.4, -0.2) is 6.41 Å². The fourth-order valence-electron chi connectivity index (χ4n) is 0.906. The Morgan fingerprint density at radius 1 is 1.31 bits per heavy atom. The summed E-state index contributed by atoms with van der Waals surface area (Å²) in [5.74, 6) is 4.41. The van der Waals surface area contributed by atoms with Crippen LogP contribution in [0.4, 0.5) is 0 Å². The highest BCUT2D eigenvalue weighted by Gasteiger charge is 1.87. The number of carbonyl (C=O) groups is 1. The van der Waals surface area contributed by atoms with Gasteiger partial charge in [-0.1, -0.05) is 18.2 Å². The highest BCUT2D eigenvalue weighted by molar-refractivity contribution is 7.17. The van der Waals surface area contributed by atoms with Crippen molar-refractivity contribution in [3.05, 3.63) is 35.7 Å². The monoisotopic (exact) mass is 194 g/mol. The molecule has 0 aliphatic carbocycles. The SMILES string of the molecule is NNC=O.c1ccc2sccc2c1. The number of nitrogens with one attached hydrogen (secondary N) is 1. The van der Waals surface area contributed by atoms with E-state index in [4.69, 9.17) is 4.79 Å². The summed E-state index contributed by atoms with van der Waals surface area (Å²) in [4.78, 5) is 8.94. The van der Waals surface area contributed by atoms with Gasteiger partial charge in [0.05, 0.1) is 0 Å². The van der Waals surface area contributed by atoms with Crippen molar-refractivity contribution < 1.29 is 4.79 Å². The minimum atomic E-state index is 0.403. The maximum absolute atomic E-state index is 8.94. The van der Waals surface area contributed by atoms with E-state index in [0.29, 0.717) is 6.41 Å². The van der Waals surface area contributed by atoms with Crippen LogP contribution in [0.15, 0.2) is 35.7 Å². The highest BCUT2D eigenvalue weighted by Crippen LogP contribution is 2.18. The molecule has 0 spiro atoms. The maximum Gasteiger partial charge on any atom is 0.221 e. The van der Waals surface area contributed by atoms with Crippen LogP contribution in [0.3, 0.4) is 0 Å². The highest BCUT2D eigenvalue weighted by atomic mass is 32.1. The number of amides is 1. The van der Waals surface area contributed by atoms with Crippen molar-refractivity contribution in [1.82, 2.24) is 5.43 Å². The van der Waals surface area contributed by atoms with Crippen LogP contribution in [0.25, 0.3) is 10.1 Å². The standard InChI is InChI=1S/C8H6S.CH4N2O/c1-2-4-8-7(3-1)5-6-9-8;2-3-1-4/h1-6H;1H,2H2,(H,3,4). The zero-order valence-electron chi connectivity index (χ0n) is 6.94. The number of hydrogen-bond acceptors (Lipinski definition) is 3. The van der Waals surface area contributed by atoms with Gasteiger partial charge >= 0.3 is 0 Å². The second-order valence-corrected chi connectivity index (χ2v) is 3.19. The Bertz CT molecular complexity index is 342. The summed E-state index contributed by atoms with van der Waals surface area (Å²) in [6, 6.07) is 10.5. The number of hydrazine groups is 1. The van der Waals surface area contributed by atoms with E-state index in [2.05, 4.69) is 41.6 Å². The van der Waals surface area contributed by atoms with Crippen molar-refractivity contribution in [3.8, 4) is 0 Å². The lowest BCUT2D eigenvalue weighted by atomic mass is 10.3. The number of thiophene rings is 1. The molecule has 1 heterocycles. The van der Waals surface area contributed by atoms with Crippen LogP contribution in [0.2, 0.25) is 0 Å². The summed E-state index contributed by atoms with van der Waals surface area (Å²) in [6.45, 7) is 0. The van der Waals surface area contributed by atoms with Gasteiger partial charge in [-0.3, -0.25) is 10.2 Å². The van der Waals surface area contributed by atoms with Gasteiger partial charge in [-0.25, -0.2) is 5.84 Å². The topological polar surface area (TPSA) is 55.1 Å². The average Bonchev–Trinajstić information content (AvgIpc) is 2.66. The zero-order valence-corrected chi connectivity index (χ0v) is 7.75. The summed E-state index contributed by atoms with van der Waals surface area (Å²) in [6.07, 6.45) is 0.403. The van der Waals surface area contributed by atoms with Crippen molar-refractivity contribution in [3.63, 3.8) is 0 Å². The van der Waals surface area contributed by atoms with Crippen LogP contribution in [0, 0.1) is 0 Å². The van der Waals surface area contributed by atoms with Crippen molar-refractivity contribution in [2.24, 2.45) is 5.84 Å². The first kappa shape index (κ1) is 9.70. The minimum Gasteiger partial charge on any atom is -0.297 e. The Labute approximate surface area is 80.1 Å². The Morgan fingerprint density at radius 3 is 2.62 bits per heavy atom. The normalized spacial score (nSPS) is 8.69. The van der Waals surface area contributed by atoms with Crippen molar-refractivity contribution in [2.45, 2.75) is 0 Å². The molecule has 0 bridgehead atoms. The summed E-state index contributed by atoms with van der Waals surface area (Å²) in [7, 11) is 0. The van der Waals surface area contributed by atoms with E-state index >= 15 is 0 Å². The molecule has 1 amide bonds. The molecule has 0 aliphatic rings. The summed E-state index contributed by atoms with van der Waals surface area (Å²) >= 11 is 1.79. The average molecular weight is 194 g/mol. The third-order valence-electron chi connectivity index (χ3n) is 1.43. The predicted octanol–water partition coefficient (Wildman–Crippen LogP) is 1.51. The van der Waals surface area contributed by atoms with E-state index in [1.54, 1.807) is 16.8 Å². The Balaban J connectivity index is 0.000000184. The molecule has 0 aliphatic heterocycles. The van der Waals surface area contributed by atoms with Crippen LogP contribution in [0.5, 0.6) is 0 Å². The van der Waals surface area contributed by atoms with Gasteiger partial charge in [-0.2, -0.15) is 0 Å². The molecule has 3 nitrogen and oxygen atoms in total. The molecular formula is C9H10N2OS. The molecular weight excluding hydrogens is 184 g/mol. The third-order valence-corrected chi connectivity index (χ3v) is 2.33. The lowest BCUT2D eigenvalue weighted by Crippen LogP contribution is -2.18. The van der Waals surface area contributed by atoms with Gasteiger partial charge in [0.15, 0.2) is 0 Å². The number of carbonyl (C=O) groups excluding carboxylic acids is 1. The van der Waals surface area contributed by atoms with Crippen LogP contribution < -0.4 is 11.3 Å². The molecule has 0 saturated carbocycles. The molecule has 68 valence electrons. The van der Waals surface area contributed by atoms with Gasteiger partial charge in [-0.05, 0) is 22.9 Å². The number of fused-ring (bicyclic) bond motifs is 1. The molecule has 1 aromatic heterocycles. The van der Waals surface area contributed by atoms with Gasteiger partial charge in [-0.15, -0.1) is 11.3 Å². The molecule has 0 fully saturated rings. The lowest BCUT2D eigenvalue weighted by Gasteiger charge is -1.82. The maximum atomic E-state index is 8.94. The number of rotatable bonds is 1. The van der Waals surface area contributed by atoms with Gasteiger partial charge in [0.25, 0.3) is 0 Å². The quantitative estimate of drug-likeness (QED) is 0.313. The lowest BCUT2D eigenvalue weighted by molar-refractivity contribution is -0.109. The van der Waals surface area contributed by atoms with Crippen molar-refractivity contribution >= 4 is 27.8 Å². The molecule has 0 atom stereocenters. The third kappa shape index (κ3) is 2.85. The first-order valence-corrected chi connectivity index (χ1v) is 4.58. The minimum absolute atomic E-state index is 0.403. The smallest absolute Gasteiger partial charge is 0.221 e. The zero-order chi connectivity index (χ0) is 9.52. The van der Waals surface area contributed by atoms with Gasteiger partial charge < -0.3 is 0 Å². The number of nitrogens with two attached hydrogens (primary N) is 1. The molecule has 0 saturated heterocycles. The van der Waals surface area contributed by atoms with Crippen molar-refractivity contribution in [1.29, 1.82) is 0 Å². The van der Waals surface area contributed by atoms with E-state index in [1.165, 1.54) is 10.1 Å². The van der Waals surface area contributed by atoms with Crippen LogP contribution >= 0.6 is 11.3 Å². The Kier molecular flexibility index (Phi) is 3.95. The van der Waals surface area contributed by atoms with Crippen LogP contribution in [0.1, 0.15) is 0 Å². The molecule has 4 heteroatoms. The molecule has 0 radical (unpaired) electrons. The molecule has 3 N–H and O–H groups in total. The summed E-state index contributed by atoms with van der Waals surface area (Å²) in [5, 5.41) is 3.47. The number of hydrogen-bond donors (Lipinski definition) is 2. The van der Waals surface area contributed by atoms with E-state index in [-0.39, 0.29) is 0 Å². The predicted molar refractivity (Wildman–Crippen MR) is 55.2 cm³/mol. The molecule has 13 heavy (non-hydrogen) atoms. The number of benzene rings is 1.